The van der Waals surface area contributed by atoms with Crippen molar-refractivity contribution in [2.75, 3.05) is 24.1 Å². The molecule has 0 radical (unpaired) electrons. The molecule has 1 aliphatic heterocycles. The summed E-state index contributed by atoms with van der Waals surface area (Å²) in [6.45, 7) is 1.81. The van der Waals surface area contributed by atoms with Gasteiger partial charge in [-0.25, -0.2) is 0 Å². The Labute approximate surface area is 144 Å². The summed E-state index contributed by atoms with van der Waals surface area (Å²) in [6.07, 6.45) is 1.48. The van der Waals surface area contributed by atoms with Crippen molar-refractivity contribution in [2.24, 2.45) is 0 Å². The monoisotopic (exact) mass is 346 g/mol. The van der Waals surface area contributed by atoms with Crippen molar-refractivity contribution in [1.29, 1.82) is 0 Å². The first-order valence-corrected chi connectivity index (χ1v) is 8.63. The number of amides is 2. The van der Waals surface area contributed by atoms with Crippen LogP contribution in [0.25, 0.3) is 0 Å². The number of furan rings is 1. The molecule has 6 nitrogen and oxygen atoms in total. The van der Waals surface area contributed by atoms with E-state index in [0.717, 1.165) is 11.3 Å². The number of hydrogen-bond donors (Lipinski definition) is 1. The van der Waals surface area contributed by atoms with Crippen LogP contribution in [0.3, 0.4) is 0 Å². The molecule has 1 atom stereocenters. The number of rotatable bonds is 4. The molecule has 0 saturated carbocycles. The number of benzene rings is 1. The van der Waals surface area contributed by atoms with Crippen LogP contribution in [0.15, 0.2) is 41.0 Å². The van der Waals surface area contributed by atoms with Crippen LogP contribution < -0.4 is 10.1 Å². The van der Waals surface area contributed by atoms with Crippen molar-refractivity contribution in [3.8, 4) is 5.75 Å². The van der Waals surface area contributed by atoms with Crippen LogP contribution in [0.1, 0.15) is 16.1 Å². The highest BCUT2D eigenvalue weighted by Crippen LogP contribution is 2.26. The van der Waals surface area contributed by atoms with E-state index in [1.807, 2.05) is 6.92 Å². The molecule has 1 saturated heterocycles. The molecule has 2 aromatic rings. The number of hydrogen-bond acceptors (Lipinski definition) is 5. The van der Waals surface area contributed by atoms with Gasteiger partial charge in [0.1, 0.15) is 11.8 Å². The molecule has 2 amide bonds. The molecule has 126 valence electrons. The van der Waals surface area contributed by atoms with Gasteiger partial charge in [-0.2, -0.15) is 0 Å². The Morgan fingerprint density at radius 3 is 2.67 bits per heavy atom. The lowest BCUT2D eigenvalue weighted by Gasteiger charge is -2.22. The summed E-state index contributed by atoms with van der Waals surface area (Å²) in [6, 6.07) is 8.29. The molecule has 1 fully saturated rings. The van der Waals surface area contributed by atoms with Gasteiger partial charge in [0.25, 0.3) is 5.91 Å². The van der Waals surface area contributed by atoms with Gasteiger partial charge in [0.15, 0.2) is 5.76 Å². The second kappa shape index (κ2) is 7.00. The molecule has 0 unspecified atom stereocenters. The molecule has 0 spiro atoms. The Morgan fingerprint density at radius 2 is 2.04 bits per heavy atom. The van der Waals surface area contributed by atoms with E-state index in [9.17, 15) is 9.59 Å². The predicted octanol–water partition coefficient (Wildman–Crippen LogP) is 2.75. The van der Waals surface area contributed by atoms with Crippen LogP contribution in [-0.4, -0.2) is 41.5 Å². The summed E-state index contributed by atoms with van der Waals surface area (Å²) in [5, 5.41) is 2.85. The number of thioether (sulfide) groups is 1. The third kappa shape index (κ3) is 3.26. The number of anilines is 1. The Hall–Kier alpha value is -2.41. The van der Waals surface area contributed by atoms with Gasteiger partial charge in [0.05, 0.1) is 19.2 Å². The van der Waals surface area contributed by atoms with Gasteiger partial charge in [0, 0.05) is 17.0 Å². The highest BCUT2D eigenvalue weighted by Gasteiger charge is 2.36. The lowest BCUT2D eigenvalue weighted by Crippen LogP contribution is -2.44. The second-order valence-electron chi connectivity index (χ2n) is 5.44. The zero-order chi connectivity index (χ0) is 17.1. The predicted molar refractivity (Wildman–Crippen MR) is 92.4 cm³/mol. The molecular weight excluding hydrogens is 328 g/mol. The van der Waals surface area contributed by atoms with E-state index in [4.69, 9.17) is 9.15 Å². The second-order valence-corrected chi connectivity index (χ2v) is 6.44. The normalized spacial score (nSPS) is 16.9. The first kappa shape index (κ1) is 16.4. The molecule has 24 heavy (non-hydrogen) atoms. The van der Waals surface area contributed by atoms with E-state index in [1.54, 1.807) is 54.1 Å². The minimum absolute atomic E-state index is 0.206. The van der Waals surface area contributed by atoms with Gasteiger partial charge in [-0.3, -0.25) is 9.59 Å². The van der Waals surface area contributed by atoms with Gasteiger partial charge in [-0.1, -0.05) is 0 Å². The summed E-state index contributed by atoms with van der Waals surface area (Å²) >= 11 is 1.55. The fourth-order valence-corrected chi connectivity index (χ4v) is 3.64. The van der Waals surface area contributed by atoms with Gasteiger partial charge in [-0.05, 0) is 37.3 Å². The van der Waals surface area contributed by atoms with Crippen LogP contribution in [0, 0.1) is 6.92 Å². The maximum Gasteiger partial charge on any atom is 0.291 e. The highest BCUT2D eigenvalue weighted by molar-refractivity contribution is 7.99. The number of carbonyl (C=O) groups is 2. The van der Waals surface area contributed by atoms with Gasteiger partial charge in [0.2, 0.25) is 5.91 Å². The van der Waals surface area contributed by atoms with E-state index in [1.165, 1.54) is 6.26 Å². The van der Waals surface area contributed by atoms with Gasteiger partial charge in [-0.15, -0.1) is 11.8 Å². The van der Waals surface area contributed by atoms with E-state index in [0.29, 0.717) is 23.1 Å². The average molecular weight is 346 g/mol. The van der Waals surface area contributed by atoms with Crippen molar-refractivity contribution in [3.05, 3.63) is 47.9 Å². The molecule has 1 aromatic heterocycles. The van der Waals surface area contributed by atoms with Crippen molar-refractivity contribution >= 4 is 29.3 Å². The molecule has 1 N–H and O–H groups in total. The molecule has 7 heteroatoms. The standard InChI is InChI=1S/C17H18N2O4S/c1-11-7-8-23-15(11)17(21)19-10-24-9-14(19)16(20)18-12-3-5-13(22-2)6-4-12/h3-8,14H,9-10H2,1-2H3,(H,18,20)/t14-/m0/s1. The summed E-state index contributed by atoms with van der Waals surface area (Å²) < 4.78 is 10.4. The number of nitrogens with one attached hydrogen (secondary N) is 1. The van der Waals surface area contributed by atoms with E-state index >= 15 is 0 Å². The van der Waals surface area contributed by atoms with Crippen LogP contribution in [0.5, 0.6) is 5.75 Å². The Balaban J connectivity index is 1.71. The summed E-state index contributed by atoms with van der Waals surface area (Å²) in [7, 11) is 1.59. The molecule has 0 bridgehead atoms. The topological polar surface area (TPSA) is 71.8 Å². The minimum Gasteiger partial charge on any atom is -0.497 e. The lowest BCUT2D eigenvalue weighted by atomic mass is 10.2. The fourth-order valence-electron chi connectivity index (χ4n) is 2.48. The number of nitrogens with zero attached hydrogens (tertiary/aromatic N) is 1. The van der Waals surface area contributed by atoms with Crippen LogP contribution >= 0.6 is 11.8 Å². The summed E-state index contributed by atoms with van der Waals surface area (Å²) in [5.74, 6) is 1.59. The smallest absolute Gasteiger partial charge is 0.291 e. The number of carbonyl (C=O) groups excluding carboxylic acids is 2. The maximum absolute atomic E-state index is 12.6. The van der Waals surface area contributed by atoms with Gasteiger partial charge < -0.3 is 19.4 Å². The highest BCUT2D eigenvalue weighted by atomic mass is 32.2. The van der Waals surface area contributed by atoms with Crippen molar-refractivity contribution in [2.45, 2.75) is 13.0 Å². The van der Waals surface area contributed by atoms with Crippen molar-refractivity contribution < 1.29 is 18.7 Å². The third-order valence-electron chi connectivity index (χ3n) is 3.86. The lowest BCUT2D eigenvalue weighted by molar-refractivity contribution is -0.119. The molecule has 2 heterocycles. The van der Waals surface area contributed by atoms with Crippen molar-refractivity contribution in [1.82, 2.24) is 4.90 Å². The Bertz CT molecular complexity index is 741. The largest absolute Gasteiger partial charge is 0.497 e. The van der Waals surface area contributed by atoms with Crippen LogP contribution in [-0.2, 0) is 4.79 Å². The quantitative estimate of drug-likeness (QED) is 0.922. The molecular formula is C17H18N2O4S. The minimum atomic E-state index is -0.519. The molecule has 1 aliphatic rings. The number of methoxy groups -OCH3 is 1. The average Bonchev–Trinajstić information content (AvgIpc) is 3.24. The van der Waals surface area contributed by atoms with E-state index < -0.39 is 6.04 Å². The molecule has 1 aromatic carbocycles. The van der Waals surface area contributed by atoms with E-state index in [2.05, 4.69) is 5.32 Å². The zero-order valence-corrected chi connectivity index (χ0v) is 14.3. The van der Waals surface area contributed by atoms with Crippen LogP contribution in [0.2, 0.25) is 0 Å². The Kier molecular flexibility index (Phi) is 4.80. The molecule has 0 aliphatic carbocycles. The van der Waals surface area contributed by atoms with Crippen molar-refractivity contribution in [3.63, 3.8) is 0 Å². The summed E-state index contributed by atoms with van der Waals surface area (Å²) in [4.78, 5) is 26.7. The first-order valence-electron chi connectivity index (χ1n) is 7.48. The fraction of sp³-hybridized carbons (Fsp3) is 0.294. The first-order chi connectivity index (χ1) is 11.6. The van der Waals surface area contributed by atoms with Crippen LogP contribution in [0.4, 0.5) is 5.69 Å². The van der Waals surface area contributed by atoms with Gasteiger partial charge >= 0.3 is 0 Å². The Morgan fingerprint density at radius 1 is 1.29 bits per heavy atom. The maximum atomic E-state index is 12.6. The zero-order valence-electron chi connectivity index (χ0n) is 13.4. The third-order valence-corrected chi connectivity index (χ3v) is 4.87. The summed E-state index contributed by atoms with van der Waals surface area (Å²) in [5.41, 5.74) is 1.44. The number of ether oxygens (including phenoxy) is 1. The number of aryl methyl sites for hydroxylation is 1. The van der Waals surface area contributed by atoms with E-state index in [-0.39, 0.29) is 11.8 Å². The molecule has 3 rings (SSSR count). The SMILES string of the molecule is COc1ccc(NC(=O)[C@@H]2CSCN2C(=O)c2occc2C)cc1.